The summed E-state index contributed by atoms with van der Waals surface area (Å²) in [5, 5.41) is 0. The van der Waals surface area contributed by atoms with E-state index in [0.717, 1.165) is 28.4 Å². The third-order valence-electron chi connectivity index (χ3n) is 7.72. The van der Waals surface area contributed by atoms with Crippen molar-refractivity contribution in [1.29, 1.82) is 0 Å². The summed E-state index contributed by atoms with van der Waals surface area (Å²) in [7, 11) is 0. The van der Waals surface area contributed by atoms with Crippen molar-refractivity contribution in [2.45, 2.75) is 31.8 Å². The highest BCUT2D eigenvalue weighted by Gasteiger charge is 2.64. The second-order valence-corrected chi connectivity index (χ2v) is 10.8. The number of ketones is 1. The first kappa shape index (κ1) is 24.6. The van der Waals surface area contributed by atoms with Gasteiger partial charge in [0.2, 0.25) is 11.8 Å². The number of nitrogens with zero attached hydrogens (tertiary/aromatic N) is 2. The molecule has 3 aromatic carbocycles. The number of imide groups is 1. The van der Waals surface area contributed by atoms with Crippen molar-refractivity contribution in [2.24, 2.45) is 11.8 Å². The first-order valence-corrected chi connectivity index (χ1v) is 13.7. The summed E-state index contributed by atoms with van der Waals surface area (Å²) in [6.45, 7) is 2.72. The molecule has 2 amide bonds. The molecule has 3 aliphatic rings. The lowest BCUT2D eigenvalue weighted by Gasteiger charge is -2.35. The van der Waals surface area contributed by atoms with E-state index in [4.69, 9.17) is 4.74 Å². The molecule has 6 nitrogen and oxygen atoms in total. The van der Waals surface area contributed by atoms with Crippen LogP contribution in [0.5, 0.6) is 5.75 Å². The van der Waals surface area contributed by atoms with E-state index in [1.54, 1.807) is 36.4 Å². The van der Waals surface area contributed by atoms with Gasteiger partial charge in [-0.1, -0.05) is 65.7 Å². The molecular weight excluding hydrogens is 544 g/mol. The molecule has 3 heterocycles. The molecule has 4 atom stereocenters. The molecule has 0 aromatic heterocycles. The number of unbranched alkanes of at least 4 members (excludes halogenated alkanes) is 1. The molecule has 0 spiro atoms. The molecule has 2 saturated heterocycles. The summed E-state index contributed by atoms with van der Waals surface area (Å²) in [6.07, 6.45) is 5.82. The highest BCUT2D eigenvalue weighted by Crippen LogP contribution is 2.53. The Hall–Kier alpha value is -3.71. The maximum atomic E-state index is 14.0. The zero-order chi connectivity index (χ0) is 26.4. The maximum absolute atomic E-state index is 14.0. The van der Waals surface area contributed by atoms with Gasteiger partial charge in [-0.05, 0) is 60.0 Å². The Kier molecular flexibility index (Phi) is 6.40. The fourth-order valence-corrected chi connectivity index (χ4v) is 6.19. The monoisotopic (exact) mass is 570 g/mol. The van der Waals surface area contributed by atoms with Crippen molar-refractivity contribution >= 4 is 45.3 Å². The van der Waals surface area contributed by atoms with Gasteiger partial charge in [0.15, 0.2) is 5.78 Å². The van der Waals surface area contributed by atoms with E-state index in [0.29, 0.717) is 23.6 Å². The Morgan fingerprint density at radius 2 is 1.63 bits per heavy atom. The molecule has 3 aliphatic heterocycles. The third kappa shape index (κ3) is 3.97. The Labute approximate surface area is 230 Å². The van der Waals surface area contributed by atoms with E-state index in [-0.39, 0.29) is 17.6 Å². The highest BCUT2D eigenvalue weighted by molar-refractivity contribution is 9.10. The molecule has 7 heteroatoms. The van der Waals surface area contributed by atoms with E-state index in [9.17, 15) is 14.4 Å². The minimum atomic E-state index is -0.792. The van der Waals surface area contributed by atoms with Gasteiger partial charge in [-0.15, -0.1) is 0 Å². The van der Waals surface area contributed by atoms with Gasteiger partial charge in [-0.3, -0.25) is 14.4 Å². The number of Topliss-reactive ketones (excluding diaryl/α,β-unsaturated/α-hetero) is 1. The molecule has 192 valence electrons. The summed E-state index contributed by atoms with van der Waals surface area (Å²) in [6, 6.07) is 20.9. The van der Waals surface area contributed by atoms with Crippen molar-refractivity contribution in [3.63, 3.8) is 0 Å². The molecule has 3 aromatic rings. The topological polar surface area (TPSA) is 66.9 Å². The summed E-state index contributed by atoms with van der Waals surface area (Å²) < 4.78 is 6.62. The predicted octanol–water partition coefficient (Wildman–Crippen LogP) is 6.03. The number of carbonyl (C=O) groups excluding carboxylic acids is 3. The number of anilines is 1. The molecule has 0 unspecified atom stereocenters. The Morgan fingerprint density at radius 3 is 2.37 bits per heavy atom. The zero-order valence-electron chi connectivity index (χ0n) is 20.9. The molecule has 2 fully saturated rings. The van der Waals surface area contributed by atoms with Crippen molar-refractivity contribution in [1.82, 2.24) is 4.90 Å². The quantitative estimate of drug-likeness (QED) is 0.197. The van der Waals surface area contributed by atoms with Crippen LogP contribution in [0.15, 0.2) is 83.5 Å². The van der Waals surface area contributed by atoms with E-state index in [2.05, 4.69) is 22.9 Å². The second-order valence-electron chi connectivity index (χ2n) is 9.91. The molecule has 0 bridgehead atoms. The van der Waals surface area contributed by atoms with Crippen LogP contribution in [0, 0.1) is 11.8 Å². The van der Waals surface area contributed by atoms with Crippen molar-refractivity contribution in [2.75, 3.05) is 11.5 Å². The first-order chi connectivity index (χ1) is 18.5. The minimum Gasteiger partial charge on any atom is -0.494 e. The molecule has 6 rings (SSSR count). The van der Waals surface area contributed by atoms with Crippen molar-refractivity contribution in [3.05, 3.63) is 100 Å². The largest absolute Gasteiger partial charge is 0.494 e. The summed E-state index contributed by atoms with van der Waals surface area (Å²) in [4.78, 5) is 45.2. The summed E-state index contributed by atoms with van der Waals surface area (Å²) >= 11 is 3.42. The number of fused-ring (bicyclic) bond motifs is 5. The molecule has 0 radical (unpaired) electrons. The zero-order valence-corrected chi connectivity index (χ0v) is 22.5. The SMILES string of the molecule is CCCCOc1ccc(N2C(=O)[C@@H]3[C@H](C2=O)[C@@H]2c4ccccc4C=CN2[C@@H]3C(=O)c2ccc(Br)cc2)cc1. The van der Waals surface area contributed by atoms with Crippen molar-refractivity contribution in [3.8, 4) is 5.75 Å². The Bertz CT molecular complexity index is 1430. The fourth-order valence-electron chi connectivity index (χ4n) is 5.92. The maximum Gasteiger partial charge on any atom is 0.240 e. The third-order valence-corrected chi connectivity index (χ3v) is 8.25. The van der Waals surface area contributed by atoms with Gasteiger partial charge in [0, 0.05) is 16.2 Å². The van der Waals surface area contributed by atoms with Crippen LogP contribution in [-0.2, 0) is 9.59 Å². The first-order valence-electron chi connectivity index (χ1n) is 12.9. The summed E-state index contributed by atoms with van der Waals surface area (Å²) in [5.74, 6) is -1.54. The molecular formula is C31H27BrN2O4. The van der Waals surface area contributed by atoms with Crippen LogP contribution in [0.2, 0.25) is 0 Å². The molecule has 0 saturated carbocycles. The van der Waals surface area contributed by atoms with Crippen LogP contribution < -0.4 is 9.64 Å². The van der Waals surface area contributed by atoms with E-state index in [1.807, 2.05) is 53.6 Å². The van der Waals surface area contributed by atoms with Gasteiger partial charge < -0.3 is 9.64 Å². The van der Waals surface area contributed by atoms with Gasteiger partial charge in [-0.2, -0.15) is 0 Å². The number of hydrogen-bond acceptors (Lipinski definition) is 5. The van der Waals surface area contributed by atoms with Gasteiger partial charge >= 0.3 is 0 Å². The van der Waals surface area contributed by atoms with Gasteiger partial charge in [0.05, 0.1) is 30.2 Å². The van der Waals surface area contributed by atoms with Crippen LogP contribution in [0.4, 0.5) is 5.69 Å². The van der Waals surface area contributed by atoms with Crippen LogP contribution in [-0.4, -0.2) is 35.1 Å². The molecule has 0 N–H and O–H groups in total. The van der Waals surface area contributed by atoms with E-state index < -0.39 is 23.9 Å². The highest BCUT2D eigenvalue weighted by atomic mass is 79.9. The van der Waals surface area contributed by atoms with Crippen LogP contribution in [0.3, 0.4) is 0 Å². The number of ether oxygens (including phenoxy) is 1. The number of benzene rings is 3. The number of hydrogen-bond donors (Lipinski definition) is 0. The van der Waals surface area contributed by atoms with Gasteiger partial charge in [0.25, 0.3) is 0 Å². The second kappa shape index (κ2) is 9.87. The smallest absolute Gasteiger partial charge is 0.240 e. The molecule has 0 aliphatic carbocycles. The standard InChI is InChI=1S/C31H27BrN2O4/c1-2-3-18-38-23-14-12-22(13-15-23)34-30(36)25-26(31(34)37)28(29(35)20-8-10-21(32)11-9-20)33-17-16-19-6-4-5-7-24(19)27(25)33/h4-17,25-28H,2-3,18H2,1H3/t25-,26+,27-,28-/m0/s1. The average Bonchev–Trinajstić information content (AvgIpc) is 3.41. The van der Waals surface area contributed by atoms with Gasteiger partial charge in [0.1, 0.15) is 11.8 Å². The number of amides is 2. The lowest BCUT2D eigenvalue weighted by Crippen LogP contribution is -2.44. The minimum absolute atomic E-state index is 0.165. The predicted molar refractivity (Wildman–Crippen MR) is 149 cm³/mol. The fraction of sp³-hybridized carbons (Fsp3) is 0.258. The molecule has 38 heavy (non-hydrogen) atoms. The van der Waals surface area contributed by atoms with Crippen LogP contribution in [0.1, 0.15) is 47.3 Å². The summed E-state index contributed by atoms with van der Waals surface area (Å²) in [5.41, 5.74) is 2.96. The van der Waals surface area contributed by atoms with E-state index in [1.165, 1.54) is 4.90 Å². The average molecular weight is 571 g/mol. The number of carbonyl (C=O) groups is 3. The lowest BCUT2D eigenvalue weighted by molar-refractivity contribution is -0.123. The van der Waals surface area contributed by atoms with E-state index >= 15 is 0 Å². The van der Waals surface area contributed by atoms with Crippen LogP contribution >= 0.6 is 15.9 Å². The normalized spacial score (nSPS) is 23.3. The number of rotatable bonds is 7. The Morgan fingerprint density at radius 1 is 0.921 bits per heavy atom. The van der Waals surface area contributed by atoms with Gasteiger partial charge in [-0.25, -0.2) is 4.90 Å². The lowest BCUT2D eigenvalue weighted by atomic mass is 9.83. The van der Waals surface area contributed by atoms with Crippen molar-refractivity contribution < 1.29 is 19.1 Å². The van der Waals surface area contributed by atoms with Crippen LogP contribution in [0.25, 0.3) is 6.08 Å². The number of halogens is 1. The Balaban J connectivity index is 1.39.